The van der Waals surface area contributed by atoms with E-state index in [9.17, 15) is 0 Å². The molecule has 0 bridgehead atoms. The van der Waals surface area contributed by atoms with Gasteiger partial charge in [0.05, 0.1) is 12.3 Å². The third-order valence-corrected chi connectivity index (χ3v) is 4.34. The maximum absolute atomic E-state index is 6.12. The van der Waals surface area contributed by atoms with Gasteiger partial charge in [-0.3, -0.25) is 4.68 Å². The first-order chi connectivity index (χ1) is 11.3. The zero-order valence-corrected chi connectivity index (χ0v) is 15.9. The van der Waals surface area contributed by atoms with E-state index in [0.29, 0.717) is 6.54 Å². The van der Waals surface area contributed by atoms with Gasteiger partial charge in [-0.15, -0.1) is 0 Å². The Morgan fingerprint density at radius 2 is 1.96 bits per heavy atom. The first-order valence-electron chi connectivity index (χ1n) is 8.75. The molecule has 1 heterocycles. The van der Waals surface area contributed by atoms with Crippen molar-refractivity contribution >= 4 is 0 Å². The van der Waals surface area contributed by atoms with E-state index in [-0.39, 0.29) is 11.3 Å². The van der Waals surface area contributed by atoms with Crippen LogP contribution in [0.15, 0.2) is 24.3 Å². The smallest absolute Gasteiger partial charge is 0.122 e. The van der Waals surface area contributed by atoms with E-state index < -0.39 is 0 Å². The summed E-state index contributed by atoms with van der Waals surface area (Å²) in [6, 6.07) is 8.56. The zero-order valence-electron chi connectivity index (χ0n) is 15.9. The topological polar surface area (TPSA) is 53.1 Å². The fourth-order valence-corrected chi connectivity index (χ4v) is 2.87. The van der Waals surface area contributed by atoms with Crippen molar-refractivity contribution in [3.63, 3.8) is 0 Å². The Bertz CT molecular complexity index is 683. The summed E-state index contributed by atoms with van der Waals surface area (Å²) >= 11 is 0. The summed E-state index contributed by atoms with van der Waals surface area (Å²) in [5, 5.41) is 4.69. The fourth-order valence-electron chi connectivity index (χ4n) is 2.87. The molecule has 0 aliphatic carbocycles. The van der Waals surface area contributed by atoms with Crippen LogP contribution in [0.25, 0.3) is 0 Å². The van der Waals surface area contributed by atoms with E-state index in [0.717, 1.165) is 35.7 Å². The van der Waals surface area contributed by atoms with Crippen LogP contribution in [0.2, 0.25) is 0 Å². The predicted octanol–water partition coefficient (Wildman–Crippen LogP) is 3.91. The molecule has 1 atom stereocenters. The second-order valence-electron chi connectivity index (χ2n) is 7.49. The van der Waals surface area contributed by atoms with Crippen LogP contribution >= 0.6 is 0 Å². The van der Waals surface area contributed by atoms with Crippen LogP contribution in [0.1, 0.15) is 62.5 Å². The summed E-state index contributed by atoms with van der Waals surface area (Å²) in [5.41, 5.74) is 10.8. The third kappa shape index (κ3) is 3.99. The molecule has 1 aromatic heterocycles. The highest BCUT2D eigenvalue weighted by atomic mass is 16.5. The van der Waals surface area contributed by atoms with Crippen LogP contribution in [0.5, 0.6) is 5.75 Å². The summed E-state index contributed by atoms with van der Waals surface area (Å²) in [6.07, 6.45) is 1.01. The van der Waals surface area contributed by atoms with Gasteiger partial charge in [0.2, 0.25) is 0 Å². The normalized spacial score (nSPS) is 13.1. The molecule has 0 saturated carbocycles. The predicted molar refractivity (Wildman–Crippen MR) is 99.8 cm³/mol. The van der Waals surface area contributed by atoms with Crippen molar-refractivity contribution in [1.29, 1.82) is 0 Å². The molecule has 0 spiro atoms. The van der Waals surface area contributed by atoms with Crippen LogP contribution in [0, 0.1) is 6.92 Å². The number of rotatable bonds is 6. The van der Waals surface area contributed by atoms with Gasteiger partial charge in [-0.05, 0) is 36.6 Å². The molecule has 0 fully saturated rings. The van der Waals surface area contributed by atoms with Gasteiger partial charge in [-0.2, -0.15) is 5.10 Å². The molecule has 24 heavy (non-hydrogen) atoms. The maximum Gasteiger partial charge on any atom is 0.122 e. The molecule has 1 unspecified atom stereocenters. The van der Waals surface area contributed by atoms with E-state index in [4.69, 9.17) is 15.6 Å². The molecular weight excluding hydrogens is 298 g/mol. The number of aromatic nitrogens is 2. The van der Waals surface area contributed by atoms with E-state index in [1.54, 1.807) is 0 Å². The average Bonchev–Trinajstić information content (AvgIpc) is 2.89. The monoisotopic (exact) mass is 329 g/mol. The minimum Gasteiger partial charge on any atom is -0.493 e. The lowest BCUT2D eigenvalue weighted by Gasteiger charge is -2.18. The minimum atomic E-state index is 0.0307. The zero-order chi connectivity index (χ0) is 17.9. The van der Waals surface area contributed by atoms with Crippen molar-refractivity contribution in [2.45, 2.75) is 52.4 Å². The number of aryl methyl sites for hydroxylation is 2. The molecule has 2 rings (SSSR count). The summed E-state index contributed by atoms with van der Waals surface area (Å²) in [7, 11) is 2.00. The lowest BCUT2D eigenvalue weighted by molar-refractivity contribution is 0.315. The van der Waals surface area contributed by atoms with Crippen LogP contribution in [-0.2, 0) is 12.5 Å². The van der Waals surface area contributed by atoms with E-state index >= 15 is 0 Å². The van der Waals surface area contributed by atoms with Crippen molar-refractivity contribution in [1.82, 2.24) is 9.78 Å². The minimum absolute atomic E-state index is 0.0307. The second-order valence-corrected chi connectivity index (χ2v) is 7.49. The highest BCUT2D eigenvalue weighted by Gasteiger charge is 2.23. The Hall–Kier alpha value is -1.81. The second kappa shape index (κ2) is 7.39. The van der Waals surface area contributed by atoms with Gasteiger partial charge in [0.25, 0.3) is 0 Å². The van der Waals surface area contributed by atoms with Gasteiger partial charge in [-0.1, -0.05) is 39.8 Å². The number of nitrogens with zero attached hydrogens (tertiary/aromatic N) is 2. The first-order valence-corrected chi connectivity index (χ1v) is 8.75. The van der Waals surface area contributed by atoms with Gasteiger partial charge in [-0.25, -0.2) is 0 Å². The van der Waals surface area contributed by atoms with E-state index in [1.165, 1.54) is 5.56 Å². The van der Waals surface area contributed by atoms with Crippen molar-refractivity contribution in [2.75, 3.05) is 13.2 Å². The summed E-state index contributed by atoms with van der Waals surface area (Å²) in [5.74, 6) is 1.09. The molecule has 0 radical (unpaired) electrons. The standard InChI is InChI=1S/C20H31N3O/c1-7-10-24-18-9-8-15(11-14(18)2)16(13-21)17-12-19(20(3,4)5)22-23(17)6/h8-9,11-12,16H,7,10,13,21H2,1-6H3. The Labute approximate surface area is 146 Å². The quantitative estimate of drug-likeness (QED) is 0.874. The Morgan fingerprint density at radius 1 is 1.25 bits per heavy atom. The largest absolute Gasteiger partial charge is 0.493 e. The fraction of sp³-hybridized carbons (Fsp3) is 0.550. The summed E-state index contributed by atoms with van der Waals surface area (Å²) in [4.78, 5) is 0. The summed E-state index contributed by atoms with van der Waals surface area (Å²) < 4.78 is 7.75. The van der Waals surface area contributed by atoms with E-state index in [2.05, 4.69) is 58.9 Å². The van der Waals surface area contributed by atoms with Crippen LogP contribution in [0.3, 0.4) is 0 Å². The lowest BCUT2D eigenvalue weighted by Crippen LogP contribution is -2.17. The van der Waals surface area contributed by atoms with Crippen molar-refractivity contribution in [2.24, 2.45) is 12.8 Å². The first kappa shape index (κ1) is 18.5. The molecule has 132 valence electrons. The maximum atomic E-state index is 6.12. The van der Waals surface area contributed by atoms with Gasteiger partial charge in [0, 0.05) is 30.6 Å². The lowest BCUT2D eigenvalue weighted by atomic mass is 9.89. The third-order valence-electron chi connectivity index (χ3n) is 4.34. The molecule has 0 aliphatic heterocycles. The summed E-state index contributed by atoms with van der Waals surface area (Å²) in [6.45, 7) is 12.0. The van der Waals surface area contributed by atoms with Gasteiger partial charge < -0.3 is 10.5 Å². The van der Waals surface area contributed by atoms with E-state index in [1.807, 2.05) is 11.7 Å². The van der Waals surface area contributed by atoms with Crippen molar-refractivity contribution in [3.05, 3.63) is 46.8 Å². The van der Waals surface area contributed by atoms with Crippen LogP contribution < -0.4 is 10.5 Å². The Kier molecular flexibility index (Phi) is 5.70. The number of benzene rings is 1. The van der Waals surface area contributed by atoms with Gasteiger partial charge in [0.1, 0.15) is 5.75 Å². The Balaban J connectivity index is 2.35. The van der Waals surface area contributed by atoms with Crippen LogP contribution in [-0.4, -0.2) is 22.9 Å². The molecule has 2 N–H and O–H groups in total. The number of nitrogens with two attached hydrogens (primary N) is 1. The molecular formula is C20H31N3O. The molecule has 0 aliphatic rings. The highest BCUT2D eigenvalue weighted by Crippen LogP contribution is 2.30. The highest BCUT2D eigenvalue weighted by molar-refractivity contribution is 5.40. The molecule has 2 aromatic rings. The molecule has 4 nitrogen and oxygen atoms in total. The number of hydrogen-bond donors (Lipinski definition) is 1. The van der Waals surface area contributed by atoms with Crippen molar-refractivity contribution in [3.8, 4) is 5.75 Å². The molecule has 0 amide bonds. The molecule has 0 saturated heterocycles. The van der Waals surface area contributed by atoms with Crippen molar-refractivity contribution < 1.29 is 4.74 Å². The molecule has 1 aromatic carbocycles. The van der Waals surface area contributed by atoms with Gasteiger partial charge >= 0.3 is 0 Å². The average molecular weight is 329 g/mol. The van der Waals surface area contributed by atoms with Gasteiger partial charge in [0.15, 0.2) is 0 Å². The number of hydrogen-bond acceptors (Lipinski definition) is 3. The number of ether oxygens (including phenoxy) is 1. The SMILES string of the molecule is CCCOc1ccc(C(CN)c2cc(C(C)(C)C)nn2C)cc1C. The Morgan fingerprint density at radius 3 is 2.46 bits per heavy atom. The van der Waals surface area contributed by atoms with Crippen LogP contribution in [0.4, 0.5) is 0 Å². The molecule has 4 heteroatoms.